The topological polar surface area (TPSA) is 29.1 Å². The summed E-state index contributed by atoms with van der Waals surface area (Å²) in [4.78, 5) is 12.0. The maximum Gasteiger partial charge on any atom is 0.252 e. The predicted molar refractivity (Wildman–Crippen MR) is 81.7 cm³/mol. The minimum absolute atomic E-state index is 0.147. The van der Waals surface area contributed by atoms with Crippen LogP contribution in [-0.2, 0) is 6.54 Å². The largest absolute Gasteiger partial charge is 0.348 e. The average molecular weight is 390 g/mol. The molecule has 0 bridgehead atoms. The monoisotopic (exact) mass is 389 g/mol. The number of rotatable bonds is 3. The first-order valence-electron chi connectivity index (χ1n) is 5.54. The molecule has 0 radical (unpaired) electrons. The molecule has 0 aliphatic rings. The molecule has 2 rings (SSSR count). The zero-order chi connectivity index (χ0) is 13.8. The molecule has 0 unspecified atom stereocenters. The molecule has 2 aromatic rings. The third kappa shape index (κ3) is 3.67. The van der Waals surface area contributed by atoms with Crippen molar-refractivity contribution in [1.29, 1.82) is 0 Å². The summed E-state index contributed by atoms with van der Waals surface area (Å²) >= 11 is 7.92. The van der Waals surface area contributed by atoms with E-state index in [0.29, 0.717) is 16.1 Å². The van der Waals surface area contributed by atoms with Gasteiger partial charge in [-0.2, -0.15) is 0 Å². The molecular weight excluding hydrogens is 380 g/mol. The molecule has 1 amide bonds. The van der Waals surface area contributed by atoms with E-state index in [1.807, 2.05) is 0 Å². The van der Waals surface area contributed by atoms with Gasteiger partial charge < -0.3 is 5.32 Å². The van der Waals surface area contributed by atoms with E-state index in [0.717, 1.165) is 3.57 Å². The normalized spacial score (nSPS) is 10.3. The summed E-state index contributed by atoms with van der Waals surface area (Å²) < 4.78 is 14.2. The molecule has 0 spiro atoms. The number of benzene rings is 2. The van der Waals surface area contributed by atoms with Gasteiger partial charge >= 0.3 is 0 Å². The quantitative estimate of drug-likeness (QED) is 0.790. The summed E-state index contributed by atoms with van der Waals surface area (Å²) in [6.07, 6.45) is 0. The SMILES string of the molecule is O=C(NCc1ccccc1F)c1cc(Cl)ccc1I. The summed E-state index contributed by atoms with van der Waals surface area (Å²) in [5.41, 5.74) is 0.942. The van der Waals surface area contributed by atoms with Crippen LogP contribution in [0.2, 0.25) is 5.02 Å². The Balaban J connectivity index is 2.10. The lowest BCUT2D eigenvalue weighted by Crippen LogP contribution is -2.24. The third-order valence-corrected chi connectivity index (χ3v) is 3.75. The van der Waals surface area contributed by atoms with E-state index in [-0.39, 0.29) is 18.3 Å². The van der Waals surface area contributed by atoms with E-state index in [4.69, 9.17) is 11.6 Å². The first kappa shape index (κ1) is 14.3. The molecule has 0 fully saturated rings. The van der Waals surface area contributed by atoms with Crippen LogP contribution in [-0.4, -0.2) is 5.91 Å². The Morgan fingerprint density at radius 1 is 1.26 bits per heavy atom. The number of carbonyl (C=O) groups is 1. The van der Waals surface area contributed by atoms with Crippen molar-refractivity contribution in [2.24, 2.45) is 0 Å². The van der Waals surface area contributed by atoms with Crippen LogP contribution < -0.4 is 5.32 Å². The molecule has 1 N–H and O–H groups in total. The summed E-state index contributed by atoms with van der Waals surface area (Å²) in [5.74, 6) is -0.598. The lowest BCUT2D eigenvalue weighted by molar-refractivity contribution is 0.0949. The van der Waals surface area contributed by atoms with Crippen molar-refractivity contribution in [3.63, 3.8) is 0 Å². The van der Waals surface area contributed by atoms with Gasteiger partial charge in [0.1, 0.15) is 5.82 Å². The molecule has 0 aromatic heterocycles. The van der Waals surface area contributed by atoms with Crippen LogP contribution in [0.25, 0.3) is 0 Å². The Hall–Kier alpha value is -1.14. The van der Waals surface area contributed by atoms with E-state index >= 15 is 0 Å². The highest BCUT2D eigenvalue weighted by atomic mass is 127. The standard InChI is InChI=1S/C14H10ClFINO/c15-10-5-6-13(17)11(7-10)14(19)18-8-9-3-1-2-4-12(9)16/h1-7H,8H2,(H,18,19). The molecular formula is C14H10ClFINO. The second-order valence-electron chi connectivity index (χ2n) is 3.90. The van der Waals surface area contributed by atoms with E-state index in [9.17, 15) is 9.18 Å². The maximum absolute atomic E-state index is 13.4. The molecule has 0 aliphatic heterocycles. The van der Waals surface area contributed by atoms with Crippen LogP contribution in [0.1, 0.15) is 15.9 Å². The zero-order valence-corrected chi connectivity index (χ0v) is 12.7. The highest BCUT2D eigenvalue weighted by Gasteiger charge is 2.11. The van der Waals surface area contributed by atoms with Crippen LogP contribution in [0.3, 0.4) is 0 Å². The first-order chi connectivity index (χ1) is 9.08. The van der Waals surface area contributed by atoms with Gasteiger partial charge in [-0.1, -0.05) is 29.8 Å². The number of nitrogens with one attached hydrogen (secondary N) is 1. The Labute approximate surface area is 129 Å². The fourth-order valence-corrected chi connectivity index (χ4v) is 2.34. The minimum Gasteiger partial charge on any atom is -0.348 e. The molecule has 0 saturated carbocycles. The number of hydrogen-bond donors (Lipinski definition) is 1. The van der Waals surface area contributed by atoms with Gasteiger partial charge in [0.25, 0.3) is 5.91 Å². The third-order valence-electron chi connectivity index (χ3n) is 2.57. The van der Waals surface area contributed by atoms with Gasteiger partial charge in [0, 0.05) is 20.7 Å². The Kier molecular flexibility index (Phi) is 4.76. The molecule has 5 heteroatoms. The van der Waals surface area contributed by atoms with E-state index in [2.05, 4.69) is 27.9 Å². The van der Waals surface area contributed by atoms with Crippen LogP contribution in [0.4, 0.5) is 4.39 Å². The summed E-state index contributed by atoms with van der Waals surface area (Å²) in [6, 6.07) is 11.4. The molecule has 2 aromatic carbocycles. The van der Waals surface area contributed by atoms with Crippen molar-refractivity contribution in [2.45, 2.75) is 6.54 Å². The lowest BCUT2D eigenvalue weighted by Gasteiger charge is -2.08. The van der Waals surface area contributed by atoms with E-state index in [1.54, 1.807) is 36.4 Å². The first-order valence-corrected chi connectivity index (χ1v) is 7.00. The van der Waals surface area contributed by atoms with Crippen molar-refractivity contribution in [3.05, 3.63) is 68.0 Å². The Morgan fingerprint density at radius 2 is 2.00 bits per heavy atom. The van der Waals surface area contributed by atoms with Crippen molar-refractivity contribution in [2.75, 3.05) is 0 Å². The van der Waals surface area contributed by atoms with Crippen LogP contribution in [0.5, 0.6) is 0 Å². The summed E-state index contributed by atoms with van der Waals surface area (Å²) in [6.45, 7) is 0.147. The number of carbonyl (C=O) groups excluding carboxylic acids is 1. The van der Waals surface area contributed by atoms with E-state index in [1.165, 1.54) is 6.07 Å². The second-order valence-corrected chi connectivity index (χ2v) is 5.50. The molecule has 0 atom stereocenters. The molecule has 0 heterocycles. The second kappa shape index (κ2) is 6.34. The number of amides is 1. The number of hydrogen-bond acceptors (Lipinski definition) is 1. The fraction of sp³-hybridized carbons (Fsp3) is 0.0714. The zero-order valence-electron chi connectivity index (χ0n) is 9.79. The lowest BCUT2D eigenvalue weighted by atomic mass is 10.2. The smallest absolute Gasteiger partial charge is 0.252 e. The molecule has 0 aliphatic carbocycles. The Bertz CT molecular complexity index is 618. The predicted octanol–water partition coefficient (Wildman–Crippen LogP) is 4.01. The van der Waals surface area contributed by atoms with Gasteiger partial charge in [-0.05, 0) is 46.9 Å². The van der Waals surface area contributed by atoms with Gasteiger partial charge in [-0.3, -0.25) is 4.79 Å². The fourth-order valence-electron chi connectivity index (χ4n) is 1.58. The van der Waals surface area contributed by atoms with E-state index < -0.39 is 0 Å². The van der Waals surface area contributed by atoms with Crippen LogP contribution >= 0.6 is 34.2 Å². The van der Waals surface area contributed by atoms with Crippen molar-refractivity contribution in [1.82, 2.24) is 5.32 Å². The summed E-state index contributed by atoms with van der Waals surface area (Å²) in [5, 5.41) is 3.18. The van der Waals surface area contributed by atoms with Crippen molar-refractivity contribution >= 4 is 40.1 Å². The van der Waals surface area contributed by atoms with Gasteiger partial charge in [0.2, 0.25) is 0 Å². The maximum atomic E-state index is 13.4. The summed E-state index contributed by atoms with van der Waals surface area (Å²) in [7, 11) is 0. The highest BCUT2D eigenvalue weighted by Crippen LogP contribution is 2.18. The number of halogens is 3. The minimum atomic E-state index is -0.330. The highest BCUT2D eigenvalue weighted by molar-refractivity contribution is 14.1. The van der Waals surface area contributed by atoms with Crippen molar-refractivity contribution < 1.29 is 9.18 Å². The van der Waals surface area contributed by atoms with Gasteiger partial charge in [0.15, 0.2) is 0 Å². The molecule has 2 nitrogen and oxygen atoms in total. The van der Waals surface area contributed by atoms with Crippen LogP contribution in [0.15, 0.2) is 42.5 Å². The van der Waals surface area contributed by atoms with Crippen molar-refractivity contribution in [3.8, 4) is 0 Å². The Morgan fingerprint density at radius 3 is 2.74 bits per heavy atom. The van der Waals surface area contributed by atoms with Gasteiger partial charge in [-0.15, -0.1) is 0 Å². The molecule has 19 heavy (non-hydrogen) atoms. The van der Waals surface area contributed by atoms with Gasteiger partial charge in [-0.25, -0.2) is 4.39 Å². The average Bonchev–Trinajstić information content (AvgIpc) is 2.40. The molecule has 98 valence electrons. The molecule has 0 saturated heterocycles. The van der Waals surface area contributed by atoms with Crippen LogP contribution in [0, 0.1) is 9.39 Å². The van der Waals surface area contributed by atoms with Gasteiger partial charge in [0.05, 0.1) is 5.56 Å².